The number of H-pyrrole nitrogens is 1. The summed E-state index contributed by atoms with van der Waals surface area (Å²) >= 11 is 0. The van der Waals surface area contributed by atoms with Crippen LogP contribution in [0.2, 0.25) is 0 Å². The monoisotopic (exact) mass is 288 g/mol. The first kappa shape index (κ1) is 13.8. The van der Waals surface area contributed by atoms with Crippen molar-refractivity contribution < 1.29 is 4.39 Å². The standard InChI is InChI=1S/C15H17FN4O/c16-11-3-1-10(2-4-11)14-13(9-18-15(21)19-14)20-7-5-12(17)6-8-20/h1-4,9,12H,5-8,17H2,(H,18,19,21). The minimum atomic E-state index is -0.410. The zero-order valence-corrected chi connectivity index (χ0v) is 11.6. The Morgan fingerprint density at radius 3 is 2.57 bits per heavy atom. The summed E-state index contributed by atoms with van der Waals surface area (Å²) < 4.78 is 13.1. The summed E-state index contributed by atoms with van der Waals surface area (Å²) in [4.78, 5) is 20.3. The number of rotatable bonds is 2. The number of nitrogens with zero attached hydrogens (tertiary/aromatic N) is 2. The minimum Gasteiger partial charge on any atom is -0.368 e. The maximum Gasteiger partial charge on any atom is 0.345 e. The third-order valence-electron chi connectivity index (χ3n) is 3.81. The Morgan fingerprint density at radius 2 is 1.90 bits per heavy atom. The van der Waals surface area contributed by atoms with Crippen LogP contribution in [-0.2, 0) is 0 Å². The van der Waals surface area contributed by atoms with Gasteiger partial charge in [0.25, 0.3) is 0 Å². The van der Waals surface area contributed by atoms with Gasteiger partial charge in [-0.3, -0.25) is 0 Å². The molecule has 110 valence electrons. The highest BCUT2D eigenvalue weighted by atomic mass is 19.1. The number of benzene rings is 1. The van der Waals surface area contributed by atoms with Gasteiger partial charge in [-0.15, -0.1) is 0 Å². The summed E-state index contributed by atoms with van der Waals surface area (Å²) in [5.41, 5.74) is 7.80. The van der Waals surface area contributed by atoms with Gasteiger partial charge in [0, 0.05) is 24.7 Å². The van der Waals surface area contributed by atoms with E-state index >= 15 is 0 Å². The highest BCUT2D eigenvalue weighted by molar-refractivity contribution is 5.74. The first-order valence-corrected chi connectivity index (χ1v) is 6.99. The fraction of sp³-hybridized carbons (Fsp3) is 0.333. The van der Waals surface area contributed by atoms with Gasteiger partial charge in [0.1, 0.15) is 5.82 Å². The average Bonchev–Trinajstić information content (AvgIpc) is 2.49. The molecule has 3 N–H and O–H groups in total. The molecular formula is C15H17FN4O. The van der Waals surface area contributed by atoms with Crippen molar-refractivity contribution in [2.24, 2.45) is 5.73 Å². The number of aromatic amines is 1. The molecule has 1 saturated heterocycles. The van der Waals surface area contributed by atoms with Gasteiger partial charge in [-0.05, 0) is 37.1 Å². The van der Waals surface area contributed by atoms with Gasteiger partial charge in [0.15, 0.2) is 0 Å². The predicted octanol–water partition coefficient (Wildman–Crippen LogP) is 1.50. The number of nitrogens with one attached hydrogen (secondary N) is 1. The van der Waals surface area contributed by atoms with Crippen molar-refractivity contribution in [3.05, 3.63) is 46.8 Å². The van der Waals surface area contributed by atoms with Crippen molar-refractivity contribution in [2.45, 2.75) is 18.9 Å². The third-order valence-corrected chi connectivity index (χ3v) is 3.81. The lowest BCUT2D eigenvalue weighted by Gasteiger charge is -2.32. The summed E-state index contributed by atoms with van der Waals surface area (Å²) in [6.45, 7) is 1.65. The van der Waals surface area contributed by atoms with Crippen molar-refractivity contribution in [1.82, 2.24) is 9.97 Å². The van der Waals surface area contributed by atoms with Crippen molar-refractivity contribution in [1.29, 1.82) is 0 Å². The number of anilines is 1. The van der Waals surface area contributed by atoms with Crippen LogP contribution in [-0.4, -0.2) is 29.1 Å². The Hall–Kier alpha value is -2.21. The zero-order chi connectivity index (χ0) is 14.8. The number of hydrogen-bond donors (Lipinski definition) is 2. The van der Waals surface area contributed by atoms with Crippen LogP contribution < -0.4 is 16.3 Å². The number of halogens is 1. The molecule has 1 aliphatic rings. The van der Waals surface area contributed by atoms with Gasteiger partial charge in [-0.25, -0.2) is 9.18 Å². The van der Waals surface area contributed by atoms with Crippen LogP contribution in [0.3, 0.4) is 0 Å². The van der Waals surface area contributed by atoms with Crippen LogP contribution in [0.4, 0.5) is 10.1 Å². The first-order valence-electron chi connectivity index (χ1n) is 6.99. The van der Waals surface area contributed by atoms with Gasteiger partial charge in [-0.2, -0.15) is 4.98 Å². The quantitative estimate of drug-likeness (QED) is 0.878. The normalized spacial score (nSPS) is 16.2. The van der Waals surface area contributed by atoms with Gasteiger partial charge >= 0.3 is 5.69 Å². The summed E-state index contributed by atoms with van der Waals surface area (Å²) in [5.74, 6) is -0.305. The van der Waals surface area contributed by atoms with E-state index in [2.05, 4.69) is 14.9 Å². The molecule has 1 fully saturated rings. The fourth-order valence-electron chi connectivity index (χ4n) is 2.60. The predicted molar refractivity (Wildman–Crippen MR) is 79.7 cm³/mol. The van der Waals surface area contributed by atoms with E-state index in [1.165, 1.54) is 12.1 Å². The first-order chi connectivity index (χ1) is 10.1. The van der Waals surface area contributed by atoms with E-state index in [-0.39, 0.29) is 11.9 Å². The molecule has 0 aliphatic carbocycles. The molecule has 0 atom stereocenters. The molecule has 2 aromatic rings. The number of hydrogen-bond acceptors (Lipinski definition) is 4. The molecule has 1 aromatic heterocycles. The number of aromatic nitrogens is 2. The van der Waals surface area contributed by atoms with Gasteiger partial charge < -0.3 is 15.6 Å². The van der Waals surface area contributed by atoms with Crippen LogP contribution in [0.5, 0.6) is 0 Å². The molecular weight excluding hydrogens is 271 g/mol. The van der Waals surface area contributed by atoms with Crippen LogP contribution >= 0.6 is 0 Å². The Labute approximate surface area is 121 Å². The molecule has 0 unspecified atom stereocenters. The van der Waals surface area contributed by atoms with Crippen molar-refractivity contribution in [2.75, 3.05) is 18.0 Å². The molecule has 6 heteroatoms. The van der Waals surface area contributed by atoms with Gasteiger partial charge in [-0.1, -0.05) is 0 Å². The molecule has 0 saturated carbocycles. The largest absolute Gasteiger partial charge is 0.368 e. The second-order valence-corrected chi connectivity index (χ2v) is 5.28. The molecule has 2 heterocycles. The Bertz CT molecular complexity index is 675. The molecule has 0 spiro atoms. The summed E-state index contributed by atoms with van der Waals surface area (Å²) in [7, 11) is 0. The fourth-order valence-corrected chi connectivity index (χ4v) is 2.60. The zero-order valence-electron chi connectivity index (χ0n) is 11.6. The van der Waals surface area contributed by atoms with Crippen molar-refractivity contribution in [3.8, 4) is 11.3 Å². The molecule has 21 heavy (non-hydrogen) atoms. The van der Waals surface area contributed by atoms with Gasteiger partial charge in [0.05, 0.1) is 17.6 Å². The maximum absolute atomic E-state index is 13.1. The average molecular weight is 288 g/mol. The molecule has 3 rings (SSSR count). The summed E-state index contributed by atoms with van der Waals surface area (Å²) in [6.07, 6.45) is 3.39. The Balaban J connectivity index is 2.01. The third kappa shape index (κ3) is 2.95. The van der Waals surface area contributed by atoms with Crippen molar-refractivity contribution in [3.63, 3.8) is 0 Å². The highest BCUT2D eigenvalue weighted by Gasteiger charge is 2.20. The highest BCUT2D eigenvalue weighted by Crippen LogP contribution is 2.29. The summed E-state index contributed by atoms with van der Waals surface area (Å²) in [5, 5.41) is 0. The van der Waals surface area contributed by atoms with E-state index in [1.807, 2.05) is 0 Å². The SMILES string of the molecule is NC1CCN(c2cnc(=O)[nH]c2-c2ccc(F)cc2)CC1. The van der Waals surface area contributed by atoms with E-state index in [0.29, 0.717) is 5.69 Å². The van der Waals surface area contributed by atoms with Gasteiger partial charge in [0.2, 0.25) is 0 Å². The lowest BCUT2D eigenvalue weighted by molar-refractivity contribution is 0.501. The minimum absolute atomic E-state index is 0.228. The second-order valence-electron chi connectivity index (χ2n) is 5.28. The number of nitrogens with two attached hydrogens (primary N) is 1. The second kappa shape index (κ2) is 5.65. The molecule has 1 aliphatic heterocycles. The van der Waals surface area contributed by atoms with E-state index in [1.54, 1.807) is 18.3 Å². The molecule has 5 nitrogen and oxygen atoms in total. The van der Waals surface area contributed by atoms with Crippen LogP contribution in [0.25, 0.3) is 11.3 Å². The van der Waals surface area contributed by atoms with E-state index < -0.39 is 5.69 Å². The summed E-state index contributed by atoms with van der Waals surface area (Å²) in [6, 6.07) is 6.29. The molecule has 0 bridgehead atoms. The van der Waals surface area contributed by atoms with E-state index in [9.17, 15) is 9.18 Å². The Morgan fingerprint density at radius 1 is 1.24 bits per heavy atom. The van der Waals surface area contributed by atoms with Crippen LogP contribution in [0.15, 0.2) is 35.3 Å². The van der Waals surface area contributed by atoms with Crippen molar-refractivity contribution >= 4 is 5.69 Å². The smallest absolute Gasteiger partial charge is 0.345 e. The van der Waals surface area contributed by atoms with E-state index in [0.717, 1.165) is 37.2 Å². The Kier molecular flexibility index (Phi) is 3.70. The lowest BCUT2D eigenvalue weighted by Crippen LogP contribution is -2.40. The molecule has 0 radical (unpaired) electrons. The van der Waals surface area contributed by atoms with E-state index in [4.69, 9.17) is 5.73 Å². The molecule has 1 aromatic carbocycles. The van der Waals surface area contributed by atoms with Crippen LogP contribution in [0.1, 0.15) is 12.8 Å². The number of piperidine rings is 1. The van der Waals surface area contributed by atoms with Crippen LogP contribution in [0, 0.1) is 5.82 Å². The maximum atomic E-state index is 13.1. The molecule has 0 amide bonds. The lowest BCUT2D eigenvalue weighted by atomic mass is 10.0. The topological polar surface area (TPSA) is 75.0 Å².